The summed E-state index contributed by atoms with van der Waals surface area (Å²) in [4.78, 5) is 0. The fourth-order valence-corrected chi connectivity index (χ4v) is 2.32. The van der Waals surface area contributed by atoms with Gasteiger partial charge in [0.25, 0.3) is 0 Å². The molecule has 2 aromatic rings. The van der Waals surface area contributed by atoms with Crippen LogP contribution in [0.25, 0.3) is 0 Å². The van der Waals surface area contributed by atoms with E-state index in [0.717, 1.165) is 17.0 Å². The largest absolute Gasteiger partial charge is 0.454 e. The highest BCUT2D eigenvalue weighted by Crippen LogP contribution is 2.35. The Bertz CT molecular complexity index is 618. The fourth-order valence-electron chi connectivity index (χ4n) is 2.13. The van der Waals surface area contributed by atoms with Gasteiger partial charge in [0.05, 0.1) is 23.4 Å². The molecule has 0 amide bonds. The first-order valence-corrected chi connectivity index (χ1v) is 6.67. The molecule has 0 aliphatic carbocycles. The van der Waals surface area contributed by atoms with E-state index in [1.54, 1.807) is 6.07 Å². The van der Waals surface area contributed by atoms with Gasteiger partial charge in [0.1, 0.15) is 0 Å². The van der Waals surface area contributed by atoms with Crippen molar-refractivity contribution in [3.05, 3.63) is 53.1 Å². The summed E-state index contributed by atoms with van der Waals surface area (Å²) in [5.74, 6) is 1.42. The molecule has 2 N–H and O–H groups in total. The Balaban J connectivity index is 1.85. The SMILES string of the molecule is OCC(Nc1ccccc1Cl)c1ccc2c(c1)OCO2. The minimum absolute atomic E-state index is 0.0507. The van der Waals surface area contributed by atoms with E-state index in [1.165, 1.54) is 0 Å². The third-order valence-electron chi connectivity index (χ3n) is 3.19. The molecule has 1 atom stereocenters. The van der Waals surface area contributed by atoms with Crippen LogP contribution in [0.1, 0.15) is 11.6 Å². The molecular weight excluding hydrogens is 278 g/mol. The number of ether oxygens (including phenoxy) is 2. The molecule has 1 aliphatic rings. The molecule has 1 heterocycles. The van der Waals surface area contributed by atoms with Gasteiger partial charge in [-0.1, -0.05) is 29.8 Å². The number of hydrogen-bond acceptors (Lipinski definition) is 4. The molecule has 0 radical (unpaired) electrons. The lowest BCUT2D eigenvalue weighted by atomic mass is 10.1. The van der Waals surface area contributed by atoms with Gasteiger partial charge in [-0.25, -0.2) is 0 Å². The summed E-state index contributed by atoms with van der Waals surface area (Å²) in [6, 6.07) is 12.8. The third-order valence-corrected chi connectivity index (χ3v) is 3.51. The summed E-state index contributed by atoms with van der Waals surface area (Å²) < 4.78 is 10.6. The topological polar surface area (TPSA) is 50.7 Å². The van der Waals surface area contributed by atoms with E-state index in [0.29, 0.717) is 10.8 Å². The number of aliphatic hydroxyl groups is 1. The zero-order valence-electron chi connectivity index (χ0n) is 10.7. The van der Waals surface area contributed by atoms with E-state index >= 15 is 0 Å². The second-order valence-electron chi connectivity index (χ2n) is 4.47. The lowest BCUT2D eigenvalue weighted by Gasteiger charge is -2.19. The number of rotatable bonds is 4. The van der Waals surface area contributed by atoms with Crippen LogP contribution >= 0.6 is 11.6 Å². The Kier molecular flexibility index (Phi) is 3.67. The van der Waals surface area contributed by atoms with Crippen LogP contribution in [0.3, 0.4) is 0 Å². The maximum atomic E-state index is 9.60. The number of anilines is 1. The van der Waals surface area contributed by atoms with Gasteiger partial charge in [0.15, 0.2) is 11.5 Å². The molecule has 104 valence electrons. The number of fused-ring (bicyclic) bond motifs is 1. The average molecular weight is 292 g/mol. The number of halogens is 1. The summed E-state index contributed by atoms with van der Waals surface area (Å²) in [5, 5.41) is 13.4. The van der Waals surface area contributed by atoms with Crippen LogP contribution in [-0.4, -0.2) is 18.5 Å². The Hall–Kier alpha value is -1.91. The summed E-state index contributed by atoms with van der Waals surface area (Å²) in [7, 11) is 0. The van der Waals surface area contributed by atoms with Gasteiger partial charge < -0.3 is 19.9 Å². The molecule has 1 unspecified atom stereocenters. The molecule has 0 saturated heterocycles. The van der Waals surface area contributed by atoms with E-state index < -0.39 is 0 Å². The normalized spacial score (nSPS) is 14.1. The fraction of sp³-hybridized carbons (Fsp3) is 0.200. The van der Waals surface area contributed by atoms with Crippen LogP contribution in [0.15, 0.2) is 42.5 Å². The average Bonchev–Trinajstić information content (AvgIpc) is 2.94. The Morgan fingerprint density at radius 1 is 1.15 bits per heavy atom. The molecule has 0 bridgehead atoms. The molecule has 0 fully saturated rings. The third kappa shape index (κ3) is 2.53. The smallest absolute Gasteiger partial charge is 0.231 e. The van der Waals surface area contributed by atoms with E-state index in [1.807, 2.05) is 36.4 Å². The Labute approximate surface area is 121 Å². The van der Waals surface area contributed by atoms with E-state index in [2.05, 4.69) is 5.32 Å². The molecule has 20 heavy (non-hydrogen) atoms. The first kappa shape index (κ1) is 13.1. The van der Waals surface area contributed by atoms with Crippen molar-refractivity contribution in [3.63, 3.8) is 0 Å². The molecule has 5 heteroatoms. The van der Waals surface area contributed by atoms with Crippen LogP contribution in [0.4, 0.5) is 5.69 Å². The molecule has 4 nitrogen and oxygen atoms in total. The van der Waals surface area contributed by atoms with Crippen molar-refractivity contribution < 1.29 is 14.6 Å². The van der Waals surface area contributed by atoms with E-state index in [-0.39, 0.29) is 19.4 Å². The van der Waals surface area contributed by atoms with E-state index in [9.17, 15) is 5.11 Å². The summed E-state index contributed by atoms with van der Waals surface area (Å²) in [6.07, 6.45) is 0. The standard InChI is InChI=1S/C15H14ClNO3/c16-11-3-1-2-4-12(11)17-13(8-18)10-5-6-14-15(7-10)20-9-19-14/h1-7,13,17-18H,8-9H2. The first-order chi connectivity index (χ1) is 9.78. The quantitative estimate of drug-likeness (QED) is 0.908. The molecule has 3 rings (SSSR count). The number of aliphatic hydroxyl groups excluding tert-OH is 1. The van der Waals surface area contributed by atoms with Crippen LogP contribution in [0, 0.1) is 0 Å². The maximum absolute atomic E-state index is 9.60. The lowest BCUT2D eigenvalue weighted by Crippen LogP contribution is -2.15. The van der Waals surface area contributed by atoms with Gasteiger partial charge >= 0.3 is 0 Å². The van der Waals surface area contributed by atoms with Crippen LogP contribution in [0.2, 0.25) is 5.02 Å². The van der Waals surface area contributed by atoms with Gasteiger partial charge in [-0.3, -0.25) is 0 Å². The number of nitrogens with one attached hydrogen (secondary N) is 1. The number of para-hydroxylation sites is 1. The summed E-state index contributed by atoms with van der Waals surface area (Å²) in [6.45, 7) is 0.186. The molecule has 0 spiro atoms. The Morgan fingerprint density at radius 3 is 2.75 bits per heavy atom. The van der Waals surface area contributed by atoms with E-state index in [4.69, 9.17) is 21.1 Å². The molecular formula is C15H14ClNO3. The van der Waals surface area contributed by atoms with Gasteiger partial charge in [0, 0.05) is 0 Å². The highest BCUT2D eigenvalue weighted by Gasteiger charge is 2.18. The molecule has 0 saturated carbocycles. The molecule has 0 aromatic heterocycles. The van der Waals surface area contributed by atoms with Crippen molar-refractivity contribution in [1.82, 2.24) is 0 Å². The van der Waals surface area contributed by atoms with Gasteiger partial charge in [-0.15, -0.1) is 0 Å². The predicted molar refractivity (Wildman–Crippen MR) is 77.5 cm³/mol. The van der Waals surface area contributed by atoms with Crippen LogP contribution in [0.5, 0.6) is 11.5 Å². The minimum atomic E-state index is -0.260. The summed E-state index contributed by atoms with van der Waals surface area (Å²) in [5.41, 5.74) is 1.70. The lowest BCUT2D eigenvalue weighted by molar-refractivity contribution is 0.174. The Morgan fingerprint density at radius 2 is 1.95 bits per heavy atom. The molecule has 2 aromatic carbocycles. The minimum Gasteiger partial charge on any atom is -0.454 e. The van der Waals surface area contributed by atoms with Gasteiger partial charge in [0.2, 0.25) is 6.79 Å². The second-order valence-corrected chi connectivity index (χ2v) is 4.88. The monoisotopic (exact) mass is 291 g/mol. The van der Waals surface area contributed by atoms with Crippen LogP contribution < -0.4 is 14.8 Å². The molecule has 1 aliphatic heterocycles. The van der Waals surface area contributed by atoms with Gasteiger partial charge in [-0.2, -0.15) is 0 Å². The predicted octanol–water partition coefficient (Wildman–Crippen LogP) is 3.21. The van der Waals surface area contributed by atoms with Crippen molar-refractivity contribution in [2.45, 2.75) is 6.04 Å². The van der Waals surface area contributed by atoms with Crippen molar-refractivity contribution in [3.8, 4) is 11.5 Å². The second kappa shape index (κ2) is 5.61. The summed E-state index contributed by atoms with van der Waals surface area (Å²) >= 11 is 6.12. The maximum Gasteiger partial charge on any atom is 0.231 e. The number of benzene rings is 2. The number of hydrogen-bond donors (Lipinski definition) is 2. The highest BCUT2D eigenvalue weighted by atomic mass is 35.5. The van der Waals surface area contributed by atoms with Crippen molar-refractivity contribution >= 4 is 17.3 Å². The van der Waals surface area contributed by atoms with Crippen molar-refractivity contribution in [2.24, 2.45) is 0 Å². The zero-order chi connectivity index (χ0) is 13.9. The van der Waals surface area contributed by atoms with Crippen molar-refractivity contribution in [2.75, 3.05) is 18.7 Å². The van der Waals surface area contributed by atoms with Crippen molar-refractivity contribution in [1.29, 1.82) is 0 Å². The zero-order valence-corrected chi connectivity index (χ0v) is 11.4. The van der Waals surface area contributed by atoms with Crippen LogP contribution in [-0.2, 0) is 0 Å². The first-order valence-electron chi connectivity index (χ1n) is 6.29. The van der Waals surface area contributed by atoms with Gasteiger partial charge in [-0.05, 0) is 29.8 Å². The highest BCUT2D eigenvalue weighted by molar-refractivity contribution is 6.33.